The van der Waals surface area contributed by atoms with E-state index < -0.39 is 5.03 Å². The maximum atomic E-state index is 10.2. The van der Waals surface area contributed by atoms with E-state index in [1.54, 1.807) is 25.2 Å². The van der Waals surface area contributed by atoms with Crippen molar-refractivity contribution in [3.05, 3.63) is 45.5 Å². The third kappa shape index (κ3) is 8.04. The zero-order chi connectivity index (χ0) is 13.3. The van der Waals surface area contributed by atoms with E-state index in [0.29, 0.717) is 11.6 Å². The number of nitrogens with one attached hydrogen (secondary N) is 2. The van der Waals surface area contributed by atoms with Crippen LogP contribution in [0, 0.1) is 10.1 Å². The molecule has 2 N–H and O–H groups in total. The molecule has 0 saturated carbocycles. The topological polar surface area (TPSA) is 79.6 Å². The maximum Gasteiger partial charge on any atom is 0.268 e. The first-order valence-electron chi connectivity index (χ1n) is 4.79. The Morgan fingerprint density at radius 1 is 1.59 bits per heavy atom. The molecule has 0 aliphatic rings. The summed E-state index contributed by atoms with van der Waals surface area (Å²) in [4.78, 5) is 10.2. The Kier molecular flexibility index (Phi) is 7.45. The SMILES string of the molecule is C=C/C(=C\C=C(/C)Cl)CN/C(=N/[N+](=O)[O-])NC. The van der Waals surface area contributed by atoms with Gasteiger partial charge in [-0.2, -0.15) is 0 Å². The Balaban J connectivity index is 4.51. The zero-order valence-corrected chi connectivity index (χ0v) is 10.5. The third-order valence-corrected chi connectivity index (χ3v) is 1.79. The summed E-state index contributed by atoms with van der Waals surface area (Å²) in [6.45, 7) is 5.74. The molecule has 17 heavy (non-hydrogen) atoms. The fourth-order valence-corrected chi connectivity index (χ4v) is 0.925. The summed E-state index contributed by atoms with van der Waals surface area (Å²) in [5.74, 6) is 0.0781. The van der Waals surface area contributed by atoms with Crippen LogP contribution in [0.3, 0.4) is 0 Å². The highest BCUT2D eigenvalue weighted by Crippen LogP contribution is 2.01. The van der Waals surface area contributed by atoms with Crippen LogP contribution in [0.2, 0.25) is 0 Å². The number of hydrogen-bond acceptors (Lipinski definition) is 2. The average molecular weight is 259 g/mol. The van der Waals surface area contributed by atoms with Crippen molar-refractivity contribution in [3.8, 4) is 0 Å². The van der Waals surface area contributed by atoms with Gasteiger partial charge in [-0.15, -0.1) is 0 Å². The summed E-state index contributed by atoms with van der Waals surface area (Å²) in [6.07, 6.45) is 5.11. The monoisotopic (exact) mass is 258 g/mol. The molecule has 0 bridgehead atoms. The molecule has 0 radical (unpaired) electrons. The van der Waals surface area contributed by atoms with Gasteiger partial charge in [0.2, 0.25) is 0 Å². The molecule has 0 aliphatic heterocycles. The molecule has 0 aromatic carbocycles. The fraction of sp³-hybridized carbons (Fsp3) is 0.300. The molecule has 0 heterocycles. The van der Waals surface area contributed by atoms with E-state index >= 15 is 0 Å². The highest BCUT2D eigenvalue weighted by Gasteiger charge is 2.01. The summed E-state index contributed by atoms with van der Waals surface area (Å²) in [7, 11) is 1.54. The van der Waals surface area contributed by atoms with E-state index in [0.717, 1.165) is 5.57 Å². The van der Waals surface area contributed by atoms with Gasteiger partial charge < -0.3 is 10.6 Å². The Morgan fingerprint density at radius 3 is 2.65 bits per heavy atom. The van der Waals surface area contributed by atoms with Gasteiger partial charge in [0.15, 0.2) is 5.03 Å². The van der Waals surface area contributed by atoms with Crippen LogP contribution in [-0.4, -0.2) is 24.6 Å². The predicted octanol–water partition coefficient (Wildman–Crippen LogP) is 1.60. The summed E-state index contributed by atoms with van der Waals surface area (Å²) in [6, 6.07) is 0. The minimum absolute atomic E-state index is 0.0781. The number of hydrogen-bond donors (Lipinski definition) is 2. The van der Waals surface area contributed by atoms with Crippen LogP contribution < -0.4 is 10.6 Å². The lowest BCUT2D eigenvalue weighted by Gasteiger charge is -2.06. The minimum atomic E-state index is -0.779. The van der Waals surface area contributed by atoms with Gasteiger partial charge >= 0.3 is 0 Å². The van der Waals surface area contributed by atoms with Gasteiger partial charge in [-0.3, -0.25) is 0 Å². The normalized spacial score (nSPS) is 13.2. The average Bonchev–Trinajstić information content (AvgIpc) is 2.26. The van der Waals surface area contributed by atoms with Crippen molar-refractivity contribution in [3.63, 3.8) is 0 Å². The van der Waals surface area contributed by atoms with Gasteiger partial charge in [-0.05, 0) is 18.6 Å². The van der Waals surface area contributed by atoms with E-state index in [4.69, 9.17) is 11.6 Å². The highest BCUT2D eigenvalue weighted by atomic mass is 35.5. The minimum Gasteiger partial charge on any atom is -0.354 e. The molecule has 0 rings (SSSR count). The van der Waals surface area contributed by atoms with Gasteiger partial charge in [-0.1, -0.05) is 30.3 Å². The van der Waals surface area contributed by atoms with Gasteiger partial charge in [0.1, 0.15) is 5.10 Å². The first-order valence-corrected chi connectivity index (χ1v) is 5.17. The maximum absolute atomic E-state index is 10.2. The summed E-state index contributed by atoms with van der Waals surface area (Å²) >= 11 is 5.67. The van der Waals surface area contributed by atoms with Crippen LogP contribution in [0.4, 0.5) is 0 Å². The van der Waals surface area contributed by atoms with Crippen molar-refractivity contribution in [2.45, 2.75) is 6.92 Å². The molecule has 0 atom stereocenters. The molecule has 0 aromatic rings. The molecule has 0 aromatic heterocycles. The quantitative estimate of drug-likeness (QED) is 0.258. The molecule has 0 amide bonds. The van der Waals surface area contributed by atoms with Crippen molar-refractivity contribution in [1.29, 1.82) is 0 Å². The van der Waals surface area contributed by atoms with Crippen molar-refractivity contribution >= 4 is 17.6 Å². The largest absolute Gasteiger partial charge is 0.354 e. The number of hydrazone groups is 1. The molecule has 0 saturated heterocycles. The number of nitro groups is 1. The Bertz CT molecular complexity index is 371. The lowest BCUT2D eigenvalue weighted by Crippen LogP contribution is -2.36. The lowest BCUT2D eigenvalue weighted by molar-refractivity contribution is -0.485. The molecular formula is C10H15ClN4O2. The van der Waals surface area contributed by atoms with E-state index in [-0.39, 0.29) is 5.96 Å². The van der Waals surface area contributed by atoms with Gasteiger partial charge in [0.05, 0.1) is 0 Å². The smallest absolute Gasteiger partial charge is 0.268 e. The second-order valence-electron chi connectivity index (χ2n) is 2.99. The van der Waals surface area contributed by atoms with Crippen LogP contribution in [-0.2, 0) is 0 Å². The van der Waals surface area contributed by atoms with E-state index in [2.05, 4.69) is 22.3 Å². The van der Waals surface area contributed by atoms with Crippen LogP contribution in [0.15, 0.2) is 40.5 Å². The first-order chi connectivity index (χ1) is 7.99. The lowest BCUT2D eigenvalue weighted by atomic mass is 10.2. The van der Waals surface area contributed by atoms with Crippen molar-refractivity contribution in [2.75, 3.05) is 13.6 Å². The molecule has 0 aliphatic carbocycles. The number of halogens is 1. The number of nitrogens with zero attached hydrogens (tertiary/aromatic N) is 2. The molecular weight excluding hydrogens is 244 g/mol. The highest BCUT2D eigenvalue weighted by molar-refractivity contribution is 6.29. The van der Waals surface area contributed by atoms with Crippen LogP contribution >= 0.6 is 11.6 Å². The van der Waals surface area contributed by atoms with Gasteiger partial charge in [0, 0.05) is 18.6 Å². The Hall–Kier alpha value is -1.82. The molecule has 94 valence electrons. The Morgan fingerprint density at radius 2 is 2.24 bits per heavy atom. The van der Waals surface area contributed by atoms with Crippen LogP contribution in [0.1, 0.15) is 6.92 Å². The predicted molar refractivity (Wildman–Crippen MR) is 69.4 cm³/mol. The van der Waals surface area contributed by atoms with Crippen LogP contribution in [0.5, 0.6) is 0 Å². The number of allylic oxidation sites excluding steroid dienone is 3. The first kappa shape index (κ1) is 15.2. The summed E-state index contributed by atoms with van der Waals surface area (Å²) < 4.78 is 0. The summed E-state index contributed by atoms with van der Waals surface area (Å²) in [5, 5.41) is 18.5. The third-order valence-electron chi connectivity index (χ3n) is 1.67. The molecule has 0 fully saturated rings. The van der Waals surface area contributed by atoms with Crippen molar-refractivity contribution in [1.82, 2.24) is 10.6 Å². The van der Waals surface area contributed by atoms with E-state index in [1.807, 2.05) is 0 Å². The number of rotatable bonds is 5. The fourth-order valence-electron chi connectivity index (χ4n) is 0.862. The molecule has 7 heteroatoms. The number of guanidine groups is 1. The summed E-state index contributed by atoms with van der Waals surface area (Å²) in [5.41, 5.74) is 0.830. The second-order valence-corrected chi connectivity index (χ2v) is 3.59. The van der Waals surface area contributed by atoms with Crippen molar-refractivity contribution in [2.24, 2.45) is 5.10 Å². The van der Waals surface area contributed by atoms with Crippen molar-refractivity contribution < 1.29 is 5.03 Å². The standard InChI is InChI=1S/C10H15ClN4O2/c1-4-9(6-5-8(2)11)7-13-10(12-3)14-15(16)17/h4-6H,1,7H2,2-3H3,(H2,12,13,14)/b8-5+,9-6+. The van der Waals surface area contributed by atoms with Gasteiger partial charge in [-0.25, -0.2) is 10.1 Å². The van der Waals surface area contributed by atoms with E-state index in [9.17, 15) is 10.1 Å². The molecule has 0 unspecified atom stereocenters. The Labute approximate surface area is 105 Å². The van der Waals surface area contributed by atoms with Gasteiger partial charge in [0.25, 0.3) is 5.96 Å². The second kappa shape index (κ2) is 8.35. The van der Waals surface area contributed by atoms with Crippen LogP contribution in [0.25, 0.3) is 0 Å². The molecule has 0 spiro atoms. The zero-order valence-electron chi connectivity index (χ0n) is 9.74. The van der Waals surface area contributed by atoms with E-state index in [1.165, 1.54) is 7.05 Å². The molecule has 6 nitrogen and oxygen atoms in total.